The number of amides is 1. The van der Waals surface area contributed by atoms with Crippen LogP contribution in [0.25, 0.3) is 0 Å². The van der Waals surface area contributed by atoms with E-state index in [0.29, 0.717) is 17.4 Å². The number of nitrogens with zero attached hydrogens (tertiary/aromatic N) is 4. The zero-order chi connectivity index (χ0) is 14.1. The number of carbonyl (C=O) groups excluding carboxylic acids is 1. The highest BCUT2D eigenvalue weighted by Crippen LogP contribution is 2.23. The molecule has 3 N–H and O–H groups in total. The molecule has 106 valence electrons. The summed E-state index contributed by atoms with van der Waals surface area (Å²) in [6.45, 7) is 3.32. The van der Waals surface area contributed by atoms with Crippen molar-refractivity contribution in [3.8, 4) is 0 Å². The number of nitrogens with one attached hydrogen (secondary N) is 1. The molecule has 1 aliphatic rings. The number of aromatic nitrogens is 4. The number of nitrogen functional groups attached to an aromatic ring is 1. The number of nitrogens with two attached hydrogens (primary N) is 1. The number of H-pyrrole nitrogens is 1. The number of hydrogen-bond donors (Lipinski definition) is 2. The van der Waals surface area contributed by atoms with Crippen LogP contribution in [-0.2, 0) is 0 Å². The normalized spacial score (nSPS) is 16.6. The largest absolute Gasteiger partial charge is 0.382 e. The van der Waals surface area contributed by atoms with Gasteiger partial charge in [0.05, 0.1) is 17.8 Å². The van der Waals surface area contributed by atoms with Crippen molar-refractivity contribution in [3.05, 3.63) is 29.7 Å². The summed E-state index contributed by atoms with van der Waals surface area (Å²) in [5.74, 6) is 0.590. The lowest BCUT2D eigenvalue weighted by atomic mass is 10.0. The van der Waals surface area contributed by atoms with Crippen LogP contribution in [0.3, 0.4) is 0 Å². The van der Waals surface area contributed by atoms with E-state index in [1.165, 1.54) is 0 Å². The fourth-order valence-corrected chi connectivity index (χ4v) is 2.63. The van der Waals surface area contributed by atoms with Gasteiger partial charge in [0.1, 0.15) is 5.82 Å². The smallest absolute Gasteiger partial charge is 0.257 e. The van der Waals surface area contributed by atoms with Crippen molar-refractivity contribution in [1.82, 2.24) is 24.9 Å². The van der Waals surface area contributed by atoms with Crippen LogP contribution in [0.4, 0.5) is 5.82 Å². The summed E-state index contributed by atoms with van der Waals surface area (Å²) in [5, 5.41) is 10.9. The highest BCUT2D eigenvalue weighted by atomic mass is 16.2. The molecule has 2 aromatic rings. The number of piperidine rings is 1. The Labute approximate surface area is 116 Å². The molecule has 2 aromatic heterocycles. The van der Waals surface area contributed by atoms with Crippen molar-refractivity contribution in [3.63, 3.8) is 0 Å². The van der Waals surface area contributed by atoms with E-state index < -0.39 is 0 Å². The molecule has 1 aliphatic heterocycles. The van der Waals surface area contributed by atoms with E-state index in [2.05, 4.69) is 15.3 Å². The van der Waals surface area contributed by atoms with Gasteiger partial charge in [-0.2, -0.15) is 10.2 Å². The molecule has 3 rings (SSSR count). The minimum absolute atomic E-state index is 0.0506. The summed E-state index contributed by atoms with van der Waals surface area (Å²) in [4.78, 5) is 14.2. The van der Waals surface area contributed by atoms with E-state index in [9.17, 15) is 4.79 Å². The van der Waals surface area contributed by atoms with Crippen LogP contribution < -0.4 is 5.73 Å². The number of rotatable bonds is 2. The Bertz CT molecular complexity index is 608. The Balaban J connectivity index is 1.64. The monoisotopic (exact) mass is 274 g/mol. The summed E-state index contributed by atoms with van der Waals surface area (Å²) in [5.41, 5.74) is 7.11. The van der Waals surface area contributed by atoms with Crippen LogP contribution in [0.2, 0.25) is 0 Å². The Hall–Kier alpha value is -2.31. The Morgan fingerprint density at radius 1 is 1.45 bits per heavy atom. The maximum Gasteiger partial charge on any atom is 0.257 e. The number of anilines is 1. The second kappa shape index (κ2) is 4.99. The molecule has 7 nitrogen and oxygen atoms in total. The van der Waals surface area contributed by atoms with Gasteiger partial charge in [0.2, 0.25) is 0 Å². The van der Waals surface area contributed by atoms with Crippen LogP contribution in [0.1, 0.15) is 34.9 Å². The molecule has 1 amide bonds. The van der Waals surface area contributed by atoms with E-state index in [-0.39, 0.29) is 5.91 Å². The topological polar surface area (TPSA) is 92.8 Å². The van der Waals surface area contributed by atoms with Gasteiger partial charge < -0.3 is 10.6 Å². The average Bonchev–Trinajstić information content (AvgIpc) is 3.07. The van der Waals surface area contributed by atoms with Crippen LogP contribution in [-0.4, -0.2) is 43.9 Å². The Kier molecular flexibility index (Phi) is 3.17. The molecule has 0 unspecified atom stereocenters. The molecule has 7 heteroatoms. The van der Waals surface area contributed by atoms with E-state index in [1.54, 1.807) is 12.3 Å². The third-order valence-corrected chi connectivity index (χ3v) is 3.82. The van der Waals surface area contributed by atoms with Crippen LogP contribution in [0.5, 0.6) is 0 Å². The molecule has 0 saturated carbocycles. The number of likely N-dealkylation sites (tertiary alicyclic amines) is 1. The summed E-state index contributed by atoms with van der Waals surface area (Å²) in [6, 6.07) is 2.12. The van der Waals surface area contributed by atoms with Crippen molar-refractivity contribution in [2.75, 3.05) is 18.8 Å². The van der Waals surface area contributed by atoms with Crippen molar-refractivity contribution in [1.29, 1.82) is 0 Å². The summed E-state index contributed by atoms with van der Waals surface area (Å²) < 4.78 is 1.90. The van der Waals surface area contributed by atoms with E-state index >= 15 is 0 Å². The predicted molar refractivity (Wildman–Crippen MR) is 74.1 cm³/mol. The third kappa shape index (κ3) is 2.26. The van der Waals surface area contributed by atoms with Gasteiger partial charge in [-0.3, -0.25) is 14.6 Å². The van der Waals surface area contributed by atoms with Gasteiger partial charge in [-0.1, -0.05) is 0 Å². The second-order valence-electron chi connectivity index (χ2n) is 5.15. The molecule has 3 heterocycles. The Morgan fingerprint density at radius 2 is 2.20 bits per heavy atom. The molecule has 0 radical (unpaired) electrons. The summed E-state index contributed by atoms with van der Waals surface area (Å²) >= 11 is 0. The predicted octanol–water partition coefficient (Wildman–Crippen LogP) is 0.974. The first kappa shape index (κ1) is 12.7. The molecule has 1 fully saturated rings. The van der Waals surface area contributed by atoms with Crippen LogP contribution in [0.15, 0.2) is 18.5 Å². The molecule has 1 saturated heterocycles. The number of aromatic amines is 1. The van der Waals surface area contributed by atoms with Gasteiger partial charge in [-0.15, -0.1) is 0 Å². The lowest BCUT2D eigenvalue weighted by Gasteiger charge is -2.32. The lowest BCUT2D eigenvalue weighted by Crippen LogP contribution is -2.39. The maximum absolute atomic E-state index is 12.4. The maximum atomic E-state index is 12.4. The number of hydrogen-bond acceptors (Lipinski definition) is 4. The quantitative estimate of drug-likeness (QED) is 0.853. The number of aryl methyl sites for hydroxylation is 1. The van der Waals surface area contributed by atoms with Gasteiger partial charge in [0.25, 0.3) is 5.91 Å². The fourth-order valence-electron chi connectivity index (χ4n) is 2.63. The molecular weight excluding hydrogens is 256 g/mol. The molecule has 0 bridgehead atoms. The van der Waals surface area contributed by atoms with E-state index in [0.717, 1.165) is 31.6 Å². The van der Waals surface area contributed by atoms with Gasteiger partial charge >= 0.3 is 0 Å². The zero-order valence-corrected chi connectivity index (χ0v) is 11.4. The molecule has 0 aliphatic carbocycles. The van der Waals surface area contributed by atoms with E-state index in [1.807, 2.05) is 22.7 Å². The van der Waals surface area contributed by atoms with Crippen LogP contribution >= 0.6 is 0 Å². The van der Waals surface area contributed by atoms with Gasteiger partial charge in [0.15, 0.2) is 0 Å². The van der Waals surface area contributed by atoms with Gasteiger partial charge in [-0.05, 0) is 25.8 Å². The van der Waals surface area contributed by atoms with Crippen molar-refractivity contribution in [2.45, 2.75) is 25.8 Å². The third-order valence-electron chi connectivity index (χ3n) is 3.82. The first-order chi connectivity index (χ1) is 9.65. The standard InChI is InChI=1S/C13H18N6O/c1-9-11(8-15-16-9)13(20)18-5-2-10(3-6-18)19-7-4-12(14)17-19/h4,7-8,10H,2-3,5-6H2,1H3,(H2,14,17)(H,15,16). The van der Waals surface area contributed by atoms with Crippen molar-refractivity contribution < 1.29 is 4.79 Å². The number of carbonyl (C=O) groups is 1. The van der Waals surface area contributed by atoms with Crippen molar-refractivity contribution in [2.24, 2.45) is 0 Å². The first-order valence-electron chi connectivity index (χ1n) is 6.75. The van der Waals surface area contributed by atoms with Gasteiger partial charge in [-0.25, -0.2) is 0 Å². The molecular formula is C13H18N6O. The minimum Gasteiger partial charge on any atom is -0.382 e. The summed E-state index contributed by atoms with van der Waals surface area (Å²) in [7, 11) is 0. The second-order valence-corrected chi connectivity index (χ2v) is 5.15. The van der Waals surface area contributed by atoms with Gasteiger partial charge in [0, 0.05) is 25.0 Å². The first-order valence-corrected chi connectivity index (χ1v) is 6.75. The van der Waals surface area contributed by atoms with Crippen molar-refractivity contribution >= 4 is 11.7 Å². The summed E-state index contributed by atoms with van der Waals surface area (Å²) in [6.07, 6.45) is 5.28. The lowest BCUT2D eigenvalue weighted by molar-refractivity contribution is 0.0689. The Morgan fingerprint density at radius 3 is 2.75 bits per heavy atom. The molecule has 0 aromatic carbocycles. The average molecular weight is 274 g/mol. The van der Waals surface area contributed by atoms with Crippen LogP contribution in [0, 0.1) is 6.92 Å². The minimum atomic E-state index is 0.0506. The molecule has 0 atom stereocenters. The molecule has 20 heavy (non-hydrogen) atoms. The zero-order valence-electron chi connectivity index (χ0n) is 11.4. The highest BCUT2D eigenvalue weighted by Gasteiger charge is 2.26. The highest BCUT2D eigenvalue weighted by molar-refractivity contribution is 5.95. The SMILES string of the molecule is Cc1[nH]ncc1C(=O)N1CCC(n2ccc(N)n2)CC1. The van der Waals surface area contributed by atoms with E-state index in [4.69, 9.17) is 5.73 Å². The molecule has 0 spiro atoms. The fraction of sp³-hybridized carbons (Fsp3) is 0.462.